The van der Waals surface area contributed by atoms with E-state index in [2.05, 4.69) is 26.2 Å². The van der Waals surface area contributed by atoms with Gasteiger partial charge in [0, 0.05) is 14.9 Å². The van der Waals surface area contributed by atoms with Crippen molar-refractivity contribution in [3.05, 3.63) is 64.5 Å². The van der Waals surface area contributed by atoms with Crippen molar-refractivity contribution in [2.24, 2.45) is 0 Å². The van der Waals surface area contributed by atoms with E-state index >= 15 is 0 Å². The van der Waals surface area contributed by atoms with Gasteiger partial charge in [-0.2, -0.15) is 0 Å². The molecular weight excluding hydrogens is 531 g/mol. The highest BCUT2D eigenvalue weighted by atomic mass is 79.9. The molecule has 176 valence electrons. The standard InChI is InChI=1S/C20H17BrF3N3O5S/c21-10-2-1-3-11(6-10)33(31)20-19(30)17(18(29)15(8-28)32-20)27-7-14(25-26-27)9-4-12(22)16(24)13(23)5-9/h1-7,15,17-20,28-30H,8H2/t15-,17+,18+,19-,20-,33?/m1/s1. The molecule has 1 unspecified atom stereocenters. The summed E-state index contributed by atoms with van der Waals surface area (Å²) in [6, 6.07) is 6.69. The number of hydrogen-bond donors (Lipinski definition) is 3. The fourth-order valence-electron chi connectivity index (χ4n) is 3.54. The molecule has 1 aliphatic heterocycles. The first kappa shape index (κ1) is 24.0. The molecule has 3 N–H and O–H groups in total. The summed E-state index contributed by atoms with van der Waals surface area (Å²) in [5.74, 6) is -4.48. The Morgan fingerprint density at radius 2 is 1.82 bits per heavy atom. The van der Waals surface area contributed by atoms with Crippen molar-refractivity contribution < 1.29 is 37.4 Å². The topological polar surface area (TPSA) is 118 Å². The van der Waals surface area contributed by atoms with Crippen LogP contribution in [-0.4, -0.2) is 64.9 Å². The number of aliphatic hydroxyl groups excluding tert-OH is 3. The van der Waals surface area contributed by atoms with Gasteiger partial charge in [-0.25, -0.2) is 17.9 Å². The highest BCUT2D eigenvalue weighted by molar-refractivity contribution is 9.10. The average molecular weight is 548 g/mol. The molecule has 1 aromatic heterocycles. The number of aliphatic hydroxyl groups is 3. The number of rotatable bonds is 5. The molecule has 1 saturated heterocycles. The van der Waals surface area contributed by atoms with E-state index in [1.165, 1.54) is 6.20 Å². The van der Waals surface area contributed by atoms with Crippen LogP contribution in [0.25, 0.3) is 11.3 Å². The Kier molecular flexibility index (Phi) is 6.98. The van der Waals surface area contributed by atoms with Crippen molar-refractivity contribution in [3.8, 4) is 11.3 Å². The summed E-state index contributed by atoms with van der Waals surface area (Å²) >= 11 is 3.28. The van der Waals surface area contributed by atoms with Crippen LogP contribution < -0.4 is 0 Å². The van der Waals surface area contributed by atoms with Crippen LogP contribution in [0.5, 0.6) is 0 Å². The summed E-state index contributed by atoms with van der Waals surface area (Å²) in [6.45, 7) is -0.646. The van der Waals surface area contributed by atoms with Gasteiger partial charge in [-0.1, -0.05) is 27.2 Å². The fourth-order valence-corrected chi connectivity index (χ4v) is 5.47. The van der Waals surface area contributed by atoms with Gasteiger partial charge in [0.2, 0.25) is 0 Å². The van der Waals surface area contributed by atoms with Crippen molar-refractivity contribution in [1.82, 2.24) is 15.0 Å². The molecule has 8 nitrogen and oxygen atoms in total. The summed E-state index contributed by atoms with van der Waals surface area (Å²) in [5.41, 5.74) is -1.54. The molecule has 0 radical (unpaired) electrons. The molecule has 6 atom stereocenters. The second kappa shape index (κ2) is 9.60. The predicted octanol–water partition coefficient (Wildman–Crippen LogP) is 1.91. The summed E-state index contributed by atoms with van der Waals surface area (Å²) in [5, 5.41) is 38.9. The molecule has 33 heavy (non-hydrogen) atoms. The SMILES string of the molecule is O=S(c1cccc(Br)c1)[C@H]1O[C@H](CO)[C@H](O)[C@H](n2cc(-c3cc(F)c(F)c(F)c3)nn2)[C@H]1O. The van der Waals surface area contributed by atoms with E-state index in [0.29, 0.717) is 9.37 Å². The van der Waals surface area contributed by atoms with Gasteiger partial charge in [0.15, 0.2) is 22.9 Å². The lowest BCUT2D eigenvalue weighted by Gasteiger charge is -2.41. The zero-order chi connectivity index (χ0) is 23.9. The molecule has 0 saturated carbocycles. The Labute approximate surface area is 196 Å². The van der Waals surface area contributed by atoms with Crippen molar-refractivity contribution in [1.29, 1.82) is 0 Å². The summed E-state index contributed by atoms with van der Waals surface area (Å²) in [6.07, 6.45) is -3.09. The van der Waals surface area contributed by atoms with E-state index in [0.717, 1.165) is 16.8 Å². The first-order valence-corrected chi connectivity index (χ1v) is 11.6. The minimum Gasteiger partial charge on any atom is -0.394 e. The maximum Gasteiger partial charge on any atom is 0.194 e. The van der Waals surface area contributed by atoms with E-state index in [9.17, 15) is 32.7 Å². The number of aromatic nitrogens is 3. The molecule has 1 fully saturated rings. The van der Waals surface area contributed by atoms with E-state index < -0.39 is 64.6 Å². The molecule has 0 bridgehead atoms. The normalized spacial score (nSPS) is 26.3. The maximum atomic E-state index is 13.6. The zero-order valence-corrected chi connectivity index (χ0v) is 19.0. The molecule has 0 spiro atoms. The molecule has 0 aliphatic carbocycles. The van der Waals surface area contributed by atoms with Gasteiger partial charge in [0.05, 0.1) is 23.6 Å². The third kappa shape index (κ3) is 4.61. The Morgan fingerprint density at radius 1 is 1.12 bits per heavy atom. The lowest BCUT2D eigenvalue weighted by molar-refractivity contribution is -0.179. The van der Waals surface area contributed by atoms with E-state index in [-0.39, 0.29) is 11.3 Å². The summed E-state index contributed by atoms with van der Waals surface area (Å²) < 4.78 is 60.8. The number of benzene rings is 2. The van der Waals surface area contributed by atoms with Crippen LogP contribution in [0.4, 0.5) is 13.2 Å². The summed E-state index contributed by atoms with van der Waals surface area (Å²) in [4.78, 5) is 0.330. The molecule has 2 aromatic carbocycles. The van der Waals surface area contributed by atoms with Crippen LogP contribution >= 0.6 is 15.9 Å². The minimum atomic E-state index is -1.91. The first-order chi connectivity index (χ1) is 15.7. The van der Waals surface area contributed by atoms with Gasteiger partial charge < -0.3 is 20.1 Å². The molecule has 2 heterocycles. The average Bonchev–Trinajstić information content (AvgIpc) is 3.27. The van der Waals surface area contributed by atoms with Crippen molar-refractivity contribution in [2.45, 2.75) is 34.7 Å². The van der Waals surface area contributed by atoms with Crippen LogP contribution in [-0.2, 0) is 15.5 Å². The number of halogens is 4. The largest absolute Gasteiger partial charge is 0.394 e. The quantitative estimate of drug-likeness (QED) is 0.417. The third-order valence-electron chi connectivity index (χ3n) is 5.18. The van der Waals surface area contributed by atoms with Crippen LogP contribution in [0.2, 0.25) is 0 Å². The van der Waals surface area contributed by atoms with E-state index in [4.69, 9.17) is 4.74 Å². The lowest BCUT2D eigenvalue weighted by atomic mass is 9.97. The zero-order valence-electron chi connectivity index (χ0n) is 16.6. The number of nitrogens with zero attached hydrogens (tertiary/aromatic N) is 3. The van der Waals surface area contributed by atoms with Gasteiger partial charge in [0.1, 0.15) is 30.0 Å². The van der Waals surface area contributed by atoms with Gasteiger partial charge in [-0.15, -0.1) is 5.10 Å². The Hall–Kier alpha value is -2.16. The molecule has 3 aromatic rings. The van der Waals surface area contributed by atoms with Gasteiger partial charge in [-0.05, 0) is 30.3 Å². The van der Waals surface area contributed by atoms with Gasteiger partial charge in [-0.3, -0.25) is 4.21 Å². The number of ether oxygens (including phenoxy) is 1. The first-order valence-electron chi connectivity index (χ1n) is 9.56. The third-order valence-corrected chi connectivity index (χ3v) is 7.21. The number of hydrogen-bond acceptors (Lipinski definition) is 7. The Morgan fingerprint density at radius 3 is 2.45 bits per heavy atom. The van der Waals surface area contributed by atoms with Crippen molar-refractivity contribution in [2.75, 3.05) is 6.61 Å². The maximum absolute atomic E-state index is 13.6. The van der Waals surface area contributed by atoms with Crippen LogP contribution in [0.3, 0.4) is 0 Å². The molecule has 1 aliphatic rings. The van der Waals surface area contributed by atoms with Crippen molar-refractivity contribution >= 4 is 26.7 Å². The van der Waals surface area contributed by atoms with Gasteiger partial charge >= 0.3 is 0 Å². The highest BCUT2D eigenvalue weighted by Gasteiger charge is 2.48. The highest BCUT2D eigenvalue weighted by Crippen LogP contribution is 2.34. The Bertz CT molecular complexity index is 1180. The molecular formula is C20H17BrF3N3O5S. The van der Waals surface area contributed by atoms with Gasteiger partial charge in [0.25, 0.3) is 0 Å². The monoisotopic (exact) mass is 547 g/mol. The molecule has 13 heteroatoms. The molecule has 4 rings (SSSR count). The smallest absolute Gasteiger partial charge is 0.194 e. The lowest BCUT2D eigenvalue weighted by Crippen LogP contribution is -2.57. The predicted molar refractivity (Wildman–Crippen MR) is 113 cm³/mol. The van der Waals surface area contributed by atoms with Crippen LogP contribution in [0, 0.1) is 17.5 Å². The Balaban J connectivity index is 1.68. The van der Waals surface area contributed by atoms with E-state index in [1.54, 1.807) is 24.3 Å². The van der Waals surface area contributed by atoms with Crippen molar-refractivity contribution in [3.63, 3.8) is 0 Å². The second-order valence-electron chi connectivity index (χ2n) is 7.29. The minimum absolute atomic E-state index is 0.0658. The van der Waals surface area contributed by atoms with Crippen LogP contribution in [0.15, 0.2) is 52.0 Å². The second-order valence-corrected chi connectivity index (χ2v) is 9.74. The molecule has 0 amide bonds. The van der Waals surface area contributed by atoms with Crippen LogP contribution in [0.1, 0.15) is 6.04 Å². The fraction of sp³-hybridized carbons (Fsp3) is 0.300. The van der Waals surface area contributed by atoms with E-state index in [1.807, 2.05) is 0 Å². The summed E-state index contributed by atoms with van der Waals surface area (Å²) in [7, 11) is -1.91.